The van der Waals surface area contributed by atoms with Crippen molar-refractivity contribution in [2.75, 3.05) is 26.4 Å². The Morgan fingerprint density at radius 1 is 1.18 bits per heavy atom. The van der Waals surface area contributed by atoms with Gasteiger partial charge in [-0.2, -0.15) is 0 Å². The first-order valence-corrected chi connectivity index (χ1v) is 6.96. The molecule has 7 nitrogen and oxygen atoms in total. The minimum atomic E-state index is -1.11. The third kappa shape index (κ3) is 5.01. The van der Waals surface area contributed by atoms with E-state index < -0.39 is 17.6 Å². The molecule has 0 spiro atoms. The van der Waals surface area contributed by atoms with Crippen LogP contribution in [0.1, 0.15) is 12.0 Å². The summed E-state index contributed by atoms with van der Waals surface area (Å²) in [6, 6.07) is 9.22. The van der Waals surface area contributed by atoms with Crippen molar-refractivity contribution in [2.24, 2.45) is 0 Å². The number of carboxylic acids is 1. The largest absolute Gasteiger partial charge is 0.481 e. The fraction of sp³-hybridized carbons (Fsp3) is 0.467. The van der Waals surface area contributed by atoms with Crippen LogP contribution in [-0.4, -0.2) is 49.1 Å². The number of rotatable bonds is 5. The summed E-state index contributed by atoms with van der Waals surface area (Å²) in [5.41, 5.74) is -0.269. The van der Waals surface area contributed by atoms with E-state index in [-0.39, 0.29) is 26.2 Å². The molecule has 1 aliphatic rings. The van der Waals surface area contributed by atoms with E-state index in [0.29, 0.717) is 13.2 Å². The Labute approximate surface area is 128 Å². The lowest BCUT2D eigenvalue weighted by Gasteiger charge is -2.30. The summed E-state index contributed by atoms with van der Waals surface area (Å²) in [5.74, 6) is -1.04. The lowest BCUT2D eigenvalue weighted by atomic mass is 9.97. The van der Waals surface area contributed by atoms with Crippen LogP contribution in [0, 0.1) is 0 Å². The number of hydrogen-bond acceptors (Lipinski definition) is 5. The predicted molar refractivity (Wildman–Crippen MR) is 76.4 cm³/mol. The quantitative estimate of drug-likeness (QED) is 0.848. The van der Waals surface area contributed by atoms with Crippen LogP contribution in [0.3, 0.4) is 0 Å². The average molecular weight is 309 g/mol. The highest BCUT2D eigenvalue weighted by atomic mass is 16.6. The molecular weight excluding hydrogens is 290 g/mol. The van der Waals surface area contributed by atoms with Gasteiger partial charge in [0.25, 0.3) is 0 Å². The first kappa shape index (κ1) is 16.3. The maximum absolute atomic E-state index is 11.9. The predicted octanol–water partition coefficient (Wildman–Crippen LogP) is 1.17. The van der Waals surface area contributed by atoms with E-state index in [1.54, 1.807) is 0 Å². The van der Waals surface area contributed by atoms with Crippen LogP contribution in [-0.2, 0) is 25.6 Å². The number of nitrogens with one attached hydrogen (secondary N) is 1. The molecule has 2 N–H and O–H groups in total. The van der Waals surface area contributed by atoms with Crippen molar-refractivity contribution in [3.63, 3.8) is 0 Å². The fourth-order valence-electron chi connectivity index (χ4n) is 2.18. The molecule has 1 saturated heterocycles. The molecule has 1 heterocycles. The zero-order valence-electron chi connectivity index (χ0n) is 12.1. The Bertz CT molecular complexity index is 496. The van der Waals surface area contributed by atoms with Crippen LogP contribution < -0.4 is 5.32 Å². The van der Waals surface area contributed by atoms with Gasteiger partial charge in [0.05, 0.1) is 32.8 Å². The van der Waals surface area contributed by atoms with Crippen molar-refractivity contribution in [3.8, 4) is 0 Å². The van der Waals surface area contributed by atoms with E-state index >= 15 is 0 Å². The van der Waals surface area contributed by atoms with Gasteiger partial charge >= 0.3 is 12.1 Å². The lowest BCUT2D eigenvalue weighted by molar-refractivity contribution is -0.139. The molecule has 2 rings (SSSR count). The third-order valence-corrected chi connectivity index (χ3v) is 3.20. The Kier molecular flexibility index (Phi) is 5.74. The zero-order valence-corrected chi connectivity index (χ0v) is 12.1. The van der Waals surface area contributed by atoms with Crippen molar-refractivity contribution in [1.82, 2.24) is 5.32 Å². The second kappa shape index (κ2) is 7.77. The summed E-state index contributed by atoms with van der Waals surface area (Å²) in [4.78, 5) is 23.0. The van der Waals surface area contributed by atoms with Gasteiger partial charge in [-0.1, -0.05) is 30.3 Å². The van der Waals surface area contributed by atoms with Gasteiger partial charge in [0.15, 0.2) is 0 Å². The number of ether oxygens (including phenoxy) is 3. The summed E-state index contributed by atoms with van der Waals surface area (Å²) in [6.45, 7) is 0.973. The second-order valence-electron chi connectivity index (χ2n) is 5.14. The van der Waals surface area contributed by atoms with Gasteiger partial charge in [-0.15, -0.1) is 0 Å². The van der Waals surface area contributed by atoms with Crippen molar-refractivity contribution < 1.29 is 28.9 Å². The highest BCUT2D eigenvalue weighted by molar-refractivity contribution is 5.72. The van der Waals surface area contributed by atoms with Gasteiger partial charge in [-0.05, 0) is 5.56 Å². The Morgan fingerprint density at radius 3 is 2.41 bits per heavy atom. The van der Waals surface area contributed by atoms with E-state index in [9.17, 15) is 9.59 Å². The van der Waals surface area contributed by atoms with Crippen molar-refractivity contribution in [1.29, 1.82) is 0 Å². The summed E-state index contributed by atoms with van der Waals surface area (Å²) in [7, 11) is 0. The van der Waals surface area contributed by atoms with Crippen molar-refractivity contribution in [2.45, 2.75) is 18.6 Å². The number of carbonyl (C=O) groups excluding carboxylic acids is 1. The molecule has 0 saturated carbocycles. The van der Waals surface area contributed by atoms with Gasteiger partial charge in [-0.3, -0.25) is 4.79 Å². The van der Waals surface area contributed by atoms with Gasteiger partial charge < -0.3 is 24.6 Å². The van der Waals surface area contributed by atoms with Crippen LogP contribution in [0.15, 0.2) is 30.3 Å². The van der Waals surface area contributed by atoms with Crippen molar-refractivity contribution >= 4 is 12.1 Å². The molecule has 1 aliphatic heterocycles. The van der Waals surface area contributed by atoms with Crippen LogP contribution in [0.4, 0.5) is 4.79 Å². The van der Waals surface area contributed by atoms with Gasteiger partial charge in [0.1, 0.15) is 12.1 Å². The summed E-state index contributed by atoms with van der Waals surface area (Å²) < 4.78 is 15.8. The Morgan fingerprint density at radius 2 is 1.82 bits per heavy atom. The third-order valence-electron chi connectivity index (χ3n) is 3.20. The Hall–Kier alpha value is -2.12. The molecule has 22 heavy (non-hydrogen) atoms. The molecule has 0 aliphatic carbocycles. The second-order valence-corrected chi connectivity index (χ2v) is 5.14. The van der Waals surface area contributed by atoms with Gasteiger partial charge in [0, 0.05) is 0 Å². The van der Waals surface area contributed by atoms with E-state index in [1.165, 1.54) is 0 Å². The molecule has 120 valence electrons. The Balaban J connectivity index is 1.93. The number of carbonyl (C=O) groups is 2. The minimum Gasteiger partial charge on any atom is -0.481 e. The molecule has 0 bridgehead atoms. The van der Waals surface area contributed by atoms with E-state index in [1.807, 2.05) is 30.3 Å². The lowest BCUT2D eigenvalue weighted by Crippen LogP contribution is -2.55. The van der Waals surface area contributed by atoms with Crippen LogP contribution in [0.2, 0.25) is 0 Å². The van der Waals surface area contributed by atoms with E-state index in [0.717, 1.165) is 5.56 Å². The molecule has 1 fully saturated rings. The standard InChI is InChI=1S/C15H19NO6/c17-13(18)8-15(10-20-6-7-21-11-15)16-14(19)22-9-12-4-2-1-3-5-12/h1-5H,6-11H2,(H,16,19)(H,17,18). The highest BCUT2D eigenvalue weighted by Gasteiger charge is 2.37. The van der Waals surface area contributed by atoms with Crippen LogP contribution in [0.25, 0.3) is 0 Å². The molecule has 7 heteroatoms. The number of benzene rings is 1. The van der Waals surface area contributed by atoms with Crippen molar-refractivity contribution in [3.05, 3.63) is 35.9 Å². The molecule has 0 aromatic heterocycles. The van der Waals surface area contributed by atoms with E-state index in [4.69, 9.17) is 19.3 Å². The number of carboxylic acid groups (broad SMARTS) is 1. The first-order chi connectivity index (χ1) is 10.6. The van der Waals surface area contributed by atoms with Crippen LogP contribution >= 0.6 is 0 Å². The smallest absolute Gasteiger partial charge is 0.408 e. The molecule has 1 aromatic carbocycles. The molecule has 0 atom stereocenters. The normalized spacial score (nSPS) is 17.3. The first-order valence-electron chi connectivity index (χ1n) is 6.96. The number of hydrogen-bond donors (Lipinski definition) is 2. The number of aliphatic carboxylic acids is 1. The summed E-state index contributed by atoms with van der Waals surface area (Å²) in [6.07, 6.45) is -0.993. The maximum atomic E-state index is 11.9. The zero-order chi connectivity index (χ0) is 15.8. The minimum absolute atomic E-state index is 0.0692. The summed E-state index contributed by atoms with van der Waals surface area (Å²) in [5, 5.41) is 11.6. The molecule has 0 unspecified atom stereocenters. The molecule has 0 radical (unpaired) electrons. The number of alkyl carbamates (subject to hydrolysis) is 1. The SMILES string of the molecule is O=C(O)CC1(NC(=O)OCc2ccccc2)COCCOC1. The van der Waals surface area contributed by atoms with Gasteiger partial charge in [-0.25, -0.2) is 4.79 Å². The topological polar surface area (TPSA) is 94.1 Å². The monoisotopic (exact) mass is 309 g/mol. The summed E-state index contributed by atoms with van der Waals surface area (Å²) >= 11 is 0. The number of amides is 1. The van der Waals surface area contributed by atoms with Gasteiger partial charge in [0.2, 0.25) is 0 Å². The van der Waals surface area contributed by atoms with Crippen LogP contribution in [0.5, 0.6) is 0 Å². The molecular formula is C15H19NO6. The van der Waals surface area contributed by atoms with E-state index in [2.05, 4.69) is 5.32 Å². The average Bonchev–Trinajstić information content (AvgIpc) is 2.71. The molecule has 1 amide bonds. The fourth-order valence-corrected chi connectivity index (χ4v) is 2.18. The highest BCUT2D eigenvalue weighted by Crippen LogP contribution is 2.16. The molecule has 1 aromatic rings. The maximum Gasteiger partial charge on any atom is 0.408 e.